The second kappa shape index (κ2) is 7.94. The van der Waals surface area contributed by atoms with E-state index in [1.165, 1.54) is 11.3 Å². The van der Waals surface area contributed by atoms with Gasteiger partial charge in [0, 0.05) is 30.1 Å². The molecule has 1 aromatic carbocycles. The molecular formula is C18H19N3O3S. The fourth-order valence-corrected chi connectivity index (χ4v) is 3.27. The molecule has 0 aliphatic heterocycles. The van der Waals surface area contributed by atoms with E-state index in [0.29, 0.717) is 30.4 Å². The van der Waals surface area contributed by atoms with Crippen LogP contribution in [0.4, 0.5) is 5.13 Å². The zero-order valence-corrected chi connectivity index (χ0v) is 14.7. The molecule has 0 radical (unpaired) electrons. The van der Waals surface area contributed by atoms with Crippen LogP contribution in [0.25, 0.3) is 10.9 Å². The molecule has 6 nitrogen and oxygen atoms in total. The van der Waals surface area contributed by atoms with Crippen molar-refractivity contribution >= 4 is 39.2 Å². The van der Waals surface area contributed by atoms with Gasteiger partial charge in [0.25, 0.3) is 0 Å². The number of fused-ring (bicyclic) bond motifs is 1. The second-order valence-electron chi connectivity index (χ2n) is 5.49. The van der Waals surface area contributed by atoms with Crippen LogP contribution in [0.1, 0.15) is 19.0 Å². The molecule has 0 aliphatic carbocycles. The summed E-state index contributed by atoms with van der Waals surface area (Å²) in [5.74, 6) is -0.417. The molecular weight excluding hydrogens is 338 g/mol. The van der Waals surface area contributed by atoms with E-state index >= 15 is 0 Å². The number of carbonyl (C=O) groups excluding carboxylic acids is 2. The van der Waals surface area contributed by atoms with Crippen molar-refractivity contribution in [3.63, 3.8) is 0 Å². The normalized spacial score (nSPS) is 10.8. The first kappa shape index (κ1) is 17.2. The summed E-state index contributed by atoms with van der Waals surface area (Å²) >= 11 is 1.31. The molecule has 1 N–H and O–H groups in total. The Balaban J connectivity index is 1.53. The minimum Gasteiger partial charge on any atom is -0.466 e. The Morgan fingerprint density at radius 2 is 2.12 bits per heavy atom. The van der Waals surface area contributed by atoms with Crippen molar-refractivity contribution in [2.75, 3.05) is 11.9 Å². The van der Waals surface area contributed by atoms with Crippen molar-refractivity contribution < 1.29 is 14.3 Å². The summed E-state index contributed by atoms with van der Waals surface area (Å²) < 4.78 is 6.95. The van der Waals surface area contributed by atoms with Crippen LogP contribution < -0.4 is 5.32 Å². The molecule has 25 heavy (non-hydrogen) atoms. The standard InChI is InChI=1S/C18H19N3O3S/c1-2-24-17(23)11-14-12-25-18(19-14)20-16(22)8-10-21-9-7-13-5-3-4-6-15(13)21/h3-7,9,12H,2,8,10-11H2,1H3,(H,19,20,22). The molecule has 3 aromatic rings. The van der Waals surface area contributed by atoms with Gasteiger partial charge in [0.15, 0.2) is 5.13 Å². The van der Waals surface area contributed by atoms with Gasteiger partial charge in [-0.25, -0.2) is 4.98 Å². The quantitative estimate of drug-likeness (QED) is 0.659. The molecule has 3 rings (SSSR count). The van der Waals surface area contributed by atoms with Crippen LogP contribution in [0, 0.1) is 0 Å². The van der Waals surface area contributed by atoms with Gasteiger partial charge in [0.1, 0.15) is 0 Å². The molecule has 0 spiro atoms. The number of rotatable bonds is 7. The molecule has 130 valence electrons. The molecule has 2 aromatic heterocycles. The fourth-order valence-electron chi connectivity index (χ4n) is 2.54. The molecule has 0 bridgehead atoms. The fraction of sp³-hybridized carbons (Fsp3) is 0.278. The topological polar surface area (TPSA) is 73.2 Å². The third kappa shape index (κ3) is 4.45. The number of para-hydroxylation sites is 1. The van der Waals surface area contributed by atoms with Crippen molar-refractivity contribution in [3.8, 4) is 0 Å². The number of ether oxygens (including phenoxy) is 1. The highest BCUT2D eigenvalue weighted by atomic mass is 32.1. The van der Waals surface area contributed by atoms with E-state index < -0.39 is 0 Å². The van der Waals surface area contributed by atoms with Gasteiger partial charge in [-0.15, -0.1) is 11.3 Å². The Kier molecular flexibility index (Phi) is 5.45. The average molecular weight is 357 g/mol. The van der Waals surface area contributed by atoms with Gasteiger partial charge >= 0.3 is 5.97 Å². The second-order valence-corrected chi connectivity index (χ2v) is 6.35. The van der Waals surface area contributed by atoms with Crippen LogP contribution in [0.3, 0.4) is 0 Å². The van der Waals surface area contributed by atoms with Crippen molar-refractivity contribution in [3.05, 3.63) is 47.6 Å². The summed E-state index contributed by atoms with van der Waals surface area (Å²) in [5, 5.41) is 6.20. The Morgan fingerprint density at radius 3 is 2.96 bits per heavy atom. The largest absolute Gasteiger partial charge is 0.466 e. The minimum atomic E-state index is -0.315. The summed E-state index contributed by atoms with van der Waals surface area (Å²) in [6.07, 6.45) is 2.46. The SMILES string of the molecule is CCOC(=O)Cc1csc(NC(=O)CCn2ccc3ccccc32)n1. The van der Waals surface area contributed by atoms with Crippen LogP contribution in [0.5, 0.6) is 0 Å². The number of nitrogens with zero attached hydrogens (tertiary/aromatic N) is 2. The van der Waals surface area contributed by atoms with Crippen LogP contribution >= 0.6 is 11.3 Å². The monoisotopic (exact) mass is 357 g/mol. The highest BCUT2D eigenvalue weighted by Crippen LogP contribution is 2.18. The van der Waals surface area contributed by atoms with E-state index in [9.17, 15) is 9.59 Å². The number of aryl methyl sites for hydroxylation is 1. The lowest BCUT2D eigenvalue weighted by molar-refractivity contribution is -0.142. The van der Waals surface area contributed by atoms with E-state index in [1.807, 2.05) is 36.5 Å². The number of benzene rings is 1. The lowest BCUT2D eigenvalue weighted by Crippen LogP contribution is -2.14. The molecule has 0 saturated carbocycles. The maximum Gasteiger partial charge on any atom is 0.311 e. The number of thiazole rings is 1. The van der Waals surface area contributed by atoms with E-state index in [1.54, 1.807) is 12.3 Å². The maximum absolute atomic E-state index is 12.1. The van der Waals surface area contributed by atoms with Crippen molar-refractivity contribution in [1.82, 2.24) is 9.55 Å². The molecule has 0 atom stereocenters. The highest BCUT2D eigenvalue weighted by molar-refractivity contribution is 7.13. The third-order valence-corrected chi connectivity index (χ3v) is 4.50. The Morgan fingerprint density at radius 1 is 1.28 bits per heavy atom. The Bertz CT molecular complexity index is 884. The van der Waals surface area contributed by atoms with E-state index in [0.717, 1.165) is 10.9 Å². The lowest BCUT2D eigenvalue weighted by atomic mass is 10.2. The Hall–Kier alpha value is -2.67. The van der Waals surface area contributed by atoms with E-state index in [2.05, 4.69) is 14.9 Å². The predicted molar refractivity (Wildman–Crippen MR) is 97.6 cm³/mol. The summed E-state index contributed by atoms with van der Waals surface area (Å²) in [5.41, 5.74) is 1.72. The number of hydrogen-bond donors (Lipinski definition) is 1. The molecule has 0 aliphatic rings. The van der Waals surface area contributed by atoms with Crippen molar-refractivity contribution in [2.24, 2.45) is 0 Å². The van der Waals surface area contributed by atoms with Gasteiger partial charge in [-0.05, 0) is 24.4 Å². The highest BCUT2D eigenvalue weighted by Gasteiger charge is 2.11. The van der Waals surface area contributed by atoms with Crippen molar-refractivity contribution in [1.29, 1.82) is 0 Å². The number of nitrogens with one attached hydrogen (secondary N) is 1. The number of esters is 1. The summed E-state index contributed by atoms with van der Waals surface area (Å²) in [4.78, 5) is 27.8. The minimum absolute atomic E-state index is 0.102. The van der Waals surface area contributed by atoms with Crippen molar-refractivity contribution in [2.45, 2.75) is 26.3 Å². The zero-order valence-electron chi connectivity index (χ0n) is 13.9. The van der Waals surface area contributed by atoms with Crippen LogP contribution in [-0.4, -0.2) is 28.0 Å². The predicted octanol–water partition coefficient (Wildman–Crippen LogP) is 3.23. The molecule has 7 heteroatoms. The number of carbonyl (C=O) groups is 2. The summed E-state index contributed by atoms with van der Waals surface area (Å²) in [6, 6.07) is 10.1. The number of hydrogen-bond acceptors (Lipinski definition) is 5. The number of aromatic nitrogens is 2. The van der Waals surface area contributed by atoms with E-state index in [-0.39, 0.29) is 18.3 Å². The lowest BCUT2D eigenvalue weighted by Gasteiger charge is -2.05. The first-order valence-electron chi connectivity index (χ1n) is 8.09. The zero-order chi connectivity index (χ0) is 17.6. The van der Waals surface area contributed by atoms with Crippen LogP contribution in [0.15, 0.2) is 41.9 Å². The maximum atomic E-state index is 12.1. The third-order valence-electron chi connectivity index (χ3n) is 3.69. The average Bonchev–Trinajstić information content (AvgIpc) is 3.20. The summed E-state index contributed by atoms with van der Waals surface area (Å²) in [6.45, 7) is 2.71. The van der Waals surface area contributed by atoms with Gasteiger partial charge in [-0.2, -0.15) is 0 Å². The van der Waals surface area contributed by atoms with Gasteiger partial charge < -0.3 is 14.6 Å². The van der Waals surface area contributed by atoms with Gasteiger partial charge in [-0.3, -0.25) is 9.59 Å². The molecule has 0 fully saturated rings. The molecule has 1 amide bonds. The first-order valence-corrected chi connectivity index (χ1v) is 8.97. The molecule has 0 saturated heterocycles. The van der Waals surface area contributed by atoms with Gasteiger partial charge in [0.2, 0.25) is 5.91 Å². The smallest absolute Gasteiger partial charge is 0.311 e. The Labute approximate surface area is 149 Å². The molecule has 2 heterocycles. The number of anilines is 1. The molecule has 0 unspecified atom stereocenters. The van der Waals surface area contributed by atoms with Crippen LogP contribution in [-0.2, 0) is 27.3 Å². The summed E-state index contributed by atoms with van der Waals surface area (Å²) in [7, 11) is 0. The van der Waals surface area contributed by atoms with Gasteiger partial charge in [-0.1, -0.05) is 18.2 Å². The first-order chi connectivity index (χ1) is 12.2. The van der Waals surface area contributed by atoms with E-state index in [4.69, 9.17) is 4.74 Å². The number of amides is 1. The van der Waals surface area contributed by atoms with Crippen LogP contribution in [0.2, 0.25) is 0 Å². The van der Waals surface area contributed by atoms with Gasteiger partial charge in [0.05, 0.1) is 18.7 Å².